The molecule has 1 aromatic rings. The summed E-state index contributed by atoms with van der Waals surface area (Å²) in [6, 6.07) is 5.72. The Morgan fingerprint density at radius 1 is 1.00 bits per heavy atom. The van der Waals surface area contributed by atoms with Gasteiger partial charge in [-0.25, -0.2) is 0 Å². The van der Waals surface area contributed by atoms with Gasteiger partial charge in [0.15, 0.2) is 0 Å². The van der Waals surface area contributed by atoms with Crippen LogP contribution >= 0.6 is 0 Å². The van der Waals surface area contributed by atoms with Gasteiger partial charge in [0.05, 0.1) is 0 Å². The van der Waals surface area contributed by atoms with Gasteiger partial charge < -0.3 is 10.5 Å². The van der Waals surface area contributed by atoms with E-state index >= 15 is 0 Å². The van der Waals surface area contributed by atoms with E-state index in [4.69, 9.17) is 0 Å². The van der Waals surface area contributed by atoms with Crippen LogP contribution in [0.3, 0.4) is 0 Å². The van der Waals surface area contributed by atoms with Gasteiger partial charge in [-0.15, -0.1) is 0 Å². The molecule has 0 aliphatic carbocycles. The standard InChI is InChI=1S/C8H18N2O.C5H5N/c1-7(2)5-10(11)6-8(3,4)9-7;1-2-4-6-5-3-1/h9,11H,5-6H2,1-4H3;1-5H. The molecule has 0 saturated carbocycles. The molecule has 0 bridgehead atoms. The average Bonchev–Trinajstić information content (AvgIpc) is 2.15. The molecule has 1 aromatic heterocycles. The van der Waals surface area contributed by atoms with E-state index in [2.05, 4.69) is 38.0 Å². The average molecular weight is 237 g/mol. The number of rotatable bonds is 0. The molecule has 2 heterocycles. The van der Waals surface area contributed by atoms with Gasteiger partial charge in [-0.05, 0) is 39.8 Å². The maximum Gasteiger partial charge on any atom is 0.0416 e. The van der Waals surface area contributed by atoms with Crippen LogP contribution in [0.5, 0.6) is 0 Å². The number of hydrogen-bond donors (Lipinski definition) is 2. The highest BCUT2D eigenvalue weighted by Gasteiger charge is 2.35. The summed E-state index contributed by atoms with van der Waals surface area (Å²) in [6.45, 7) is 9.76. The number of nitrogens with one attached hydrogen (secondary N) is 1. The fraction of sp³-hybridized carbons (Fsp3) is 0.615. The Labute approximate surface area is 104 Å². The smallest absolute Gasteiger partial charge is 0.0416 e. The number of pyridine rings is 1. The molecule has 4 heteroatoms. The van der Waals surface area contributed by atoms with E-state index < -0.39 is 0 Å². The topological polar surface area (TPSA) is 48.4 Å². The molecule has 1 fully saturated rings. The highest BCUT2D eigenvalue weighted by molar-refractivity contribution is 4.95. The molecule has 2 rings (SSSR count). The Hall–Kier alpha value is -0.970. The molecule has 1 saturated heterocycles. The minimum Gasteiger partial charge on any atom is -0.314 e. The van der Waals surface area contributed by atoms with Crippen LogP contribution in [0, 0.1) is 0 Å². The van der Waals surface area contributed by atoms with Gasteiger partial charge in [-0.3, -0.25) is 4.98 Å². The first-order valence-electron chi connectivity index (χ1n) is 5.89. The molecule has 1 aliphatic rings. The molecule has 2 N–H and O–H groups in total. The molecule has 0 amide bonds. The van der Waals surface area contributed by atoms with Crippen molar-refractivity contribution in [3.63, 3.8) is 0 Å². The molecule has 4 nitrogen and oxygen atoms in total. The predicted molar refractivity (Wildman–Crippen MR) is 68.9 cm³/mol. The maximum atomic E-state index is 9.37. The Kier molecular flexibility index (Phi) is 4.62. The van der Waals surface area contributed by atoms with Gasteiger partial charge in [0.1, 0.15) is 0 Å². The molecular formula is C13H23N3O. The van der Waals surface area contributed by atoms with E-state index in [0.29, 0.717) is 13.1 Å². The SMILES string of the molecule is CC1(C)CN(O)CC(C)(C)N1.c1ccncc1. The first-order chi connectivity index (χ1) is 7.81. The van der Waals surface area contributed by atoms with Gasteiger partial charge >= 0.3 is 0 Å². The van der Waals surface area contributed by atoms with Crippen molar-refractivity contribution in [2.45, 2.75) is 38.8 Å². The van der Waals surface area contributed by atoms with E-state index in [0.717, 1.165) is 0 Å². The third-order valence-electron chi connectivity index (χ3n) is 2.40. The number of piperazine rings is 1. The van der Waals surface area contributed by atoms with E-state index in [1.54, 1.807) is 12.4 Å². The highest BCUT2D eigenvalue weighted by Crippen LogP contribution is 2.18. The molecule has 0 spiro atoms. The Balaban J connectivity index is 0.000000202. The lowest BCUT2D eigenvalue weighted by Crippen LogP contribution is -2.65. The van der Waals surface area contributed by atoms with E-state index in [9.17, 15) is 5.21 Å². The lowest BCUT2D eigenvalue weighted by molar-refractivity contribution is -0.143. The van der Waals surface area contributed by atoms with Gasteiger partial charge in [0.2, 0.25) is 0 Å². The van der Waals surface area contributed by atoms with Crippen molar-refractivity contribution in [2.75, 3.05) is 13.1 Å². The quantitative estimate of drug-likeness (QED) is 0.724. The molecular weight excluding hydrogens is 214 g/mol. The van der Waals surface area contributed by atoms with Crippen LogP contribution in [-0.4, -0.2) is 39.4 Å². The maximum absolute atomic E-state index is 9.37. The summed E-state index contributed by atoms with van der Waals surface area (Å²) in [5.41, 5.74) is 0.0208. The number of hydrogen-bond acceptors (Lipinski definition) is 4. The first-order valence-corrected chi connectivity index (χ1v) is 5.89. The van der Waals surface area contributed by atoms with Crippen LogP contribution in [0.1, 0.15) is 27.7 Å². The van der Waals surface area contributed by atoms with Gasteiger partial charge in [0, 0.05) is 36.6 Å². The van der Waals surface area contributed by atoms with Crippen molar-refractivity contribution in [3.05, 3.63) is 30.6 Å². The predicted octanol–water partition coefficient (Wildman–Crippen LogP) is 1.92. The summed E-state index contributed by atoms with van der Waals surface area (Å²) >= 11 is 0. The molecule has 96 valence electrons. The third-order valence-corrected chi connectivity index (χ3v) is 2.40. The third kappa shape index (κ3) is 5.77. The van der Waals surface area contributed by atoms with Gasteiger partial charge in [-0.2, -0.15) is 5.06 Å². The molecule has 0 unspecified atom stereocenters. The minimum absolute atomic E-state index is 0.0104. The molecule has 0 aromatic carbocycles. The summed E-state index contributed by atoms with van der Waals surface area (Å²) in [5, 5.41) is 14.2. The van der Waals surface area contributed by atoms with Crippen molar-refractivity contribution < 1.29 is 5.21 Å². The lowest BCUT2D eigenvalue weighted by Gasteiger charge is -2.45. The molecule has 17 heavy (non-hydrogen) atoms. The van der Waals surface area contributed by atoms with Crippen LogP contribution in [-0.2, 0) is 0 Å². The van der Waals surface area contributed by atoms with Crippen molar-refractivity contribution in [1.82, 2.24) is 15.4 Å². The zero-order chi connectivity index (χ0) is 12.9. The van der Waals surface area contributed by atoms with Crippen LogP contribution in [0.2, 0.25) is 0 Å². The van der Waals surface area contributed by atoms with Crippen LogP contribution in [0.4, 0.5) is 0 Å². The number of aromatic nitrogens is 1. The molecule has 1 aliphatic heterocycles. The van der Waals surface area contributed by atoms with E-state index in [-0.39, 0.29) is 11.1 Å². The fourth-order valence-electron chi connectivity index (χ4n) is 2.28. The monoisotopic (exact) mass is 237 g/mol. The number of nitrogens with zero attached hydrogens (tertiary/aromatic N) is 2. The summed E-state index contributed by atoms with van der Waals surface area (Å²) in [5.74, 6) is 0. The van der Waals surface area contributed by atoms with Crippen LogP contribution in [0.25, 0.3) is 0 Å². The first kappa shape index (κ1) is 14.1. The Morgan fingerprint density at radius 3 is 1.71 bits per heavy atom. The largest absolute Gasteiger partial charge is 0.314 e. The summed E-state index contributed by atoms with van der Waals surface area (Å²) in [4.78, 5) is 3.78. The zero-order valence-electron chi connectivity index (χ0n) is 11.1. The number of hydroxylamine groups is 2. The summed E-state index contributed by atoms with van der Waals surface area (Å²) < 4.78 is 0. The normalized spacial score (nSPS) is 22.4. The Bertz CT molecular complexity index is 282. The second kappa shape index (κ2) is 5.58. The van der Waals surface area contributed by atoms with Crippen LogP contribution < -0.4 is 5.32 Å². The zero-order valence-corrected chi connectivity index (χ0v) is 11.1. The molecule has 0 radical (unpaired) electrons. The fourth-order valence-corrected chi connectivity index (χ4v) is 2.28. The summed E-state index contributed by atoms with van der Waals surface area (Å²) in [6.07, 6.45) is 3.50. The minimum atomic E-state index is 0.0104. The summed E-state index contributed by atoms with van der Waals surface area (Å²) in [7, 11) is 0. The Morgan fingerprint density at radius 2 is 1.47 bits per heavy atom. The second-order valence-corrected chi connectivity index (χ2v) is 5.74. The molecule has 0 atom stereocenters. The van der Waals surface area contributed by atoms with Crippen LogP contribution in [0.15, 0.2) is 30.6 Å². The van der Waals surface area contributed by atoms with Crippen molar-refractivity contribution >= 4 is 0 Å². The highest BCUT2D eigenvalue weighted by atomic mass is 16.5. The van der Waals surface area contributed by atoms with Crippen molar-refractivity contribution in [1.29, 1.82) is 0 Å². The van der Waals surface area contributed by atoms with E-state index in [1.165, 1.54) is 5.06 Å². The van der Waals surface area contributed by atoms with Crippen molar-refractivity contribution in [3.8, 4) is 0 Å². The van der Waals surface area contributed by atoms with Crippen molar-refractivity contribution in [2.24, 2.45) is 0 Å². The lowest BCUT2D eigenvalue weighted by atomic mass is 9.93. The second-order valence-electron chi connectivity index (χ2n) is 5.74. The van der Waals surface area contributed by atoms with Gasteiger partial charge in [0.25, 0.3) is 0 Å². The van der Waals surface area contributed by atoms with Gasteiger partial charge in [-0.1, -0.05) is 6.07 Å². The van der Waals surface area contributed by atoms with E-state index in [1.807, 2.05) is 18.2 Å².